The monoisotopic (exact) mass is 261 g/mol. The molecule has 0 saturated carbocycles. The second kappa shape index (κ2) is 5.51. The molecule has 3 N–H and O–H groups in total. The Kier molecular flexibility index (Phi) is 3.79. The van der Waals surface area contributed by atoms with Gasteiger partial charge >= 0.3 is 0 Å². The molecule has 0 unspecified atom stereocenters. The van der Waals surface area contributed by atoms with Crippen molar-refractivity contribution in [1.29, 1.82) is 5.41 Å². The van der Waals surface area contributed by atoms with Gasteiger partial charge in [0.1, 0.15) is 18.2 Å². The van der Waals surface area contributed by atoms with Gasteiger partial charge in [0.2, 0.25) is 0 Å². The summed E-state index contributed by atoms with van der Waals surface area (Å²) in [7, 11) is 0. The predicted octanol–water partition coefficient (Wildman–Crippen LogP) is 2.60. The summed E-state index contributed by atoms with van der Waals surface area (Å²) in [6.45, 7) is 0.307. The first-order valence-electron chi connectivity index (χ1n) is 5.34. The van der Waals surface area contributed by atoms with Crippen LogP contribution in [0.1, 0.15) is 11.3 Å². The molecule has 0 aliphatic rings. The Labute approximate surface area is 110 Å². The minimum absolute atomic E-state index is 0.114. The fraction of sp³-hybridized carbons (Fsp3) is 0.0769. The number of nitrogens with one attached hydrogen (secondary N) is 1. The summed E-state index contributed by atoms with van der Waals surface area (Å²) in [5, 5.41) is 7.90. The molecule has 0 aliphatic carbocycles. The van der Waals surface area contributed by atoms with Crippen molar-refractivity contribution in [3.63, 3.8) is 0 Å². The third kappa shape index (κ3) is 2.78. The van der Waals surface area contributed by atoms with E-state index >= 15 is 0 Å². The van der Waals surface area contributed by atoms with Crippen molar-refractivity contribution in [3.05, 3.63) is 58.9 Å². The van der Waals surface area contributed by atoms with Crippen molar-refractivity contribution >= 4 is 17.4 Å². The van der Waals surface area contributed by atoms with E-state index in [-0.39, 0.29) is 5.84 Å². The number of pyridine rings is 1. The number of nitrogen functional groups attached to an aromatic ring is 1. The zero-order chi connectivity index (χ0) is 13.0. The lowest BCUT2D eigenvalue weighted by Crippen LogP contribution is -2.14. The van der Waals surface area contributed by atoms with Crippen LogP contribution in [0.15, 0.2) is 42.6 Å². The second-order valence-electron chi connectivity index (χ2n) is 3.64. The molecule has 92 valence electrons. The number of rotatable bonds is 4. The van der Waals surface area contributed by atoms with Crippen molar-refractivity contribution in [2.45, 2.75) is 6.61 Å². The average Bonchev–Trinajstić information content (AvgIpc) is 2.37. The van der Waals surface area contributed by atoms with Gasteiger partial charge in [0.15, 0.2) is 0 Å². The number of amidine groups is 1. The molecule has 4 nitrogen and oxygen atoms in total. The van der Waals surface area contributed by atoms with Gasteiger partial charge in [-0.3, -0.25) is 10.4 Å². The zero-order valence-electron chi connectivity index (χ0n) is 9.56. The van der Waals surface area contributed by atoms with Crippen molar-refractivity contribution in [2.24, 2.45) is 5.73 Å². The van der Waals surface area contributed by atoms with Crippen LogP contribution in [-0.4, -0.2) is 10.8 Å². The lowest BCUT2D eigenvalue weighted by Gasteiger charge is -2.11. The third-order valence-electron chi connectivity index (χ3n) is 2.35. The fourth-order valence-corrected chi connectivity index (χ4v) is 1.79. The molecule has 0 fully saturated rings. The number of aromatic nitrogens is 1. The first-order valence-corrected chi connectivity index (χ1v) is 5.72. The summed E-state index contributed by atoms with van der Waals surface area (Å²) >= 11 is 5.99. The highest BCUT2D eigenvalue weighted by Gasteiger charge is 2.11. The van der Waals surface area contributed by atoms with Crippen molar-refractivity contribution in [2.75, 3.05) is 0 Å². The molecule has 2 aromatic rings. The summed E-state index contributed by atoms with van der Waals surface area (Å²) in [6.07, 6.45) is 1.70. The van der Waals surface area contributed by atoms with E-state index in [0.717, 1.165) is 5.69 Å². The molecule has 1 aromatic carbocycles. The summed E-state index contributed by atoms with van der Waals surface area (Å²) in [5.41, 5.74) is 6.70. The topological polar surface area (TPSA) is 72.0 Å². The Bertz CT molecular complexity index is 557. The lowest BCUT2D eigenvalue weighted by atomic mass is 10.2. The number of benzene rings is 1. The Balaban J connectivity index is 2.20. The van der Waals surface area contributed by atoms with Gasteiger partial charge in [0, 0.05) is 6.20 Å². The molecule has 5 heteroatoms. The van der Waals surface area contributed by atoms with Gasteiger partial charge in [-0.1, -0.05) is 23.7 Å². The van der Waals surface area contributed by atoms with Gasteiger partial charge in [-0.25, -0.2) is 0 Å². The van der Waals surface area contributed by atoms with E-state index in [0.29, 0.717) is 22.9 Å². The summed E-state index contributed by atoms with van der Waals surface area (Å²) in [6, 6.07) is 10.7. The van der Waals surface area contributed by atoms with Crippen molar-refractivity contribution in [3.8, 4) is 5.75 Å². The van der Waals surface area contributed by atoms with E-state index in [9.17, 15) is 0 Å². The molecule has 0 atom stereocenters. The van der Waals surface area contributed by atoms with E-state index in [4.69, 9.17) is 27.5 Å². The SMILES string of the molecule is N=C(N)c1c(Cl)cccc1OCc1ccccn1. The molecule has 2 rings (SSSR count). The number of ether oxygens (including phenoxy) is 1. The fourth-order valence-electron chi connectivity index (χ4n) is 1.52. The van der Waals surface area contributed by atoms with Crippen LogP contribution >= 0.6 is 11.6 Å². The van der Waals surface area contributed by atoms with Crippen LogP contribution in [0.4, 0.5) is 0 Å². The van der Waals surface area contributed by atoms with Crippen LogP contribution in [0.5, 0.6) is 5.75 Å². The lowest BCUT2D eigenvalue weighted by molar-refractivity contribution is 0.301. The first kappa shape index (κ1) is 12.4. The number of hydrogen-bond acceptors (Lipinski definition) is 3. The predicted molar refractivity (Wildman–Crippen MR) is 71.0 cm³/mol. The molecule has 1 aromatic heterocycles. The smallest absolute Gasteiger partial charge is 0.132 e. The maximum atomic E-state index is 7.50. The molecule has 0 saturated heterocycles. The van der Waals surface area contributed by atoms with E-state index < -0.39 is 0 Å². The summed E-state index contributed by atoms with van der Waals surface area (Å²) in [5.74, 6) is 0.372. The number of halogens is 1. The summed E-state index contributed by atoms with van der Waals surface area (Å²) in [4.78, 5) is 4.15. The van der Waals surface area contributed by atoms with Gasteiger partial charge < -0.3 is 10.5 Å². The Morgan fingerprint density at radius 3 is 2.78 bits per heavy atom. The van der Waals surface area contributed by atoms with Gasteiger partial charge in [-0.2, -0.15) is 0 Å². The molecular formula is C13H12ClN3O. The van der Waals surface area contributed by atoms with Crippen LogP contribution in [0, 0.1) is 5.41 Å². The standard InChI is InChI=1S/C13H12ClN3O/c14-10-5-3-6-11(12(10)13(15)16)18-8-9-4-1-2-7-17-9/h1-7H,8H2,(H3,15,16). The van der Waals surface area contributed by atoms with Crippen LogP contribution in [0.25, 0.3) is 0 Å². The van der Waals surface area contributed by atoms with Crippen LogP contribution in [0.3, 0.4) is 0 Å². The van der Waals surface area contributed by atoms with E-state index in [2.05, 4.69) is 4.98 Å². The Morgan fingerprint density at radius 1 is 1.28 bits per heavy atom. The largest absolute Gasteiger partial charge is 0.486 e. The van der Waals surface area contributed by atoms with Gasteiger partial charge in [0.05, 0.1) is 16.3 Å². The van der Waals surface area contributed by atoms with Gasteiger partial charge in [-0.05, 0) is 24.3 Å². The van der Waals surface area contributed by atoms with E-state index in [1.54, 1.807) is 24.4 Å². The highest BCUT2D eigenvalue weighted by atomic mass is 35.5. The molecule has 1 heterocycles. The van der Waals surface area contributed by atoms with Gasteiger partial charge in [-0.15, -0.1) is 0 Å². The first-order chi connectivity index (χ1) is 8.68. The van der Waals surface area contributed by atoms with Crippen molar-refractivity contribution < 1.29 is 4.74 Å². The molecule has 0 aliphatic heterocycles. The zero-order valence-corrected chi connectivity index (χ0v) is 10.3. The number of nitrogens with two attached hydrogens (primary N) is 1. The third-order valence-corrected chi connectivity index (χ3v) is 2.66. The molecule has 0 bridgehead atoms. The molecule has 18 heavy (non-hydrogen) atoms. The molecule has 0 radical (unpaired) electrons. The van der Waals surface area contributed by atoms with E-state index in [1.165, 1.54) is 0 Å². The number of hydrogen-bond donors (Lipinski definition) is 2. The van der Waals surface area contributed by atoms with E-state index in [1.807, 2.05) is 18.2 Å². The summed E-state index contributed by atoms with van der Waals surface area (Å²) < 4.78 is 5.60. The van der Waals surface area contributed by atoms with Crippen molar-refractivity contribution in [1.82, 2.24) is 4.98 Å². The minimum atomic E-state index is -0.114. The Hall–Kier alpha value is -2.07. The molecule has 0 amide bonds. The second-order valence-corrected chi connectivity index (χ2v) is 4.04. The normalized spacial score (nSPS) is 10.1. The van der Waals surface area contributed by atoms with Gasteiger partial charge in [0.25, 0.3) is 0 Å². The van der Waals surface area contributed by atoms with Crippen LogP contribution < -0.4 is 10.5 Å². The minimum Gasteiger partial charge on any atom is -0.486 e. The van der Waals surface area contributed by atoms with Crippen LogP contribution in [0.2, 0.25) is 5.02 Å². The highest BCUT2D eigenvalue weighted by molar-refractivity contribution is 6.34. The highest BCUT2D eigenvalue weighted by Crippen LogP contribution is 2.26. The maximum absolute atomic E-state index is 7.50. The molecule has 0 spiro atoms. The van der Waals surface area contributed by atoms with Crippen LogP contribution in [-0.2, 0) is 6.61 Å². The average molecular weight is 262 g/mol. The quantitative estimate of drug-likeness (QED) is 0.656. The maximum Gasteiger partial charge on any atom is 0.132 e. The molecular weight excluding hydrogens is 250 g/mol. The Morgan fingerprint density at radius 2 is 2.11 bits per heavy atom. The number of nitrogens with zero attached hydrogens (tertiary/aromatic N) is 1.